The fourth-order valence-corrected chi connectivity index (χ4v) is 3.52. The second-order valence-electron chi connectivity index (χ2n) is 6.39. The van der Waals surface area contributed by atoms with Crippen LogP contribution < -0.4 is 11.1 Å². The normalized spacial score (nSPS) is 24.4. The Hall–Kier alpha value is -1.10. The molecule has 1 aliphatic carbocycles. The average molecular weight is 295 g/mol. The second kappa shape index (κ2) is 8.37. The van der Waals surface area contributed by atoms with E-state index in [0.29, 0.717) is 19.6 Å². The van der Waals surface area contributed by atoms with Crippen molar-refractivity contribution < 1.29 is 9.59 Å². The molecule has 2 fully saturated rings. The van der Waals surface area contributed by atoms with Gasteiger partial charge in [0.1, 0.15) is 0 Å². The molecule has 3 N–H and O–H groups in total. The van der Waals surface area contributed by atoms with Gasteiger partial charge in [-0.1, -0.05) is 25.7 Å². The Labute approximate surface area is 127 Å². The van der Waals surface area contributed by atoms with Crippen LogP contribution in [0, 0.1) is 11.8 Å². The molecule has 2 aliphatic rings. The van der Waals surface area contributed by atoms with Gasteiger partial charge in [0.25, 0.3) is 0 Å². The highest BCUT2D eigenvalue weighted by Gasteiger charge is 2.31. The molecule has 1 atom stereocenters. The van der Waals surface area contributed by atoms with Gasteiger partial charge in [0.15, 0.2) is 0 Å². The van der Waals surface area contributed by atoms with E-state index < -0.39 is 0 Å². The Morgan fingerprint density at radius 3 is 2.33 bits per heavy atom. The van der Waals surface area contributed by atoms with Gasteiger partial charge in [-0.05, 0) is 25.7 Å². The number of rotatable bonds is 4. The Balaban J connectivity index is 1.87. The van der Waals surface area contributed by atoms with Gasteiger partial charge in [-0.3, -0.25) is 9.59 Å². The lowest BCUT2D eigenvalue weighted by atomic mass is 9.93. The van der Waals surface area contributed by atoms with Crippen LogP contribution in [0.2, 0.25) is 0 Å². The third-order valence-electron chi connectivity index (χ3n) is 4.75. The maximum atomic E-state index is 12.7. The second-order valence-corrected chi connectivity index (χ2v) is 6.39. The lowest BCUT2D eigenvalue weighted by molar-refractivity contribution is -0.139. The molecule has 5 nitrogen and oxygen atoms in total. The first-order chi connectivity index (χ1) is 10.2. The Morgan fingerprint density at radius 1 is 1.00 bits per heavy atom. The minimum atomic E-state index is -0.0555. The van der Waals surface area contributed by atoms with E-state index in [1.54, 1.807) is 0 Å². The van der Waals surface area contributed by atoms with Gasteiger partial charge in [-0.15, -0.1) is 0 Å². The Kier molecular flexibility index (Phi) is 6.49. The summed E-state index contributed by atoms with van der Waals surface area (Å²) < 4.78 is 0. The largest absolute Gasteiger partial charge is 0.355 e. The summed E-state index contributed by atoms with van der Waals surface area (Å²) in [5.41, 5.74) is 5.41. The third-order valence-corrected chi connectivity index (χ3v) is 4.75. The quantitative estimate of drug-likeness (QED) is 0.767. The van der Waals surface area contributed by atoms with Crippen molar-refractivity contribution in [1.29, 1.82) is 0 Å². The predicted molar refractivity (Wildman–Crippen MR) is 82.6 cm³/mol. The van der Waals surface area contributed by atoms with E-state index in [1.807, 2.05) is 4.90 Å². The molecule has 0 radical (unpaired) electrons. The summed E-state index contributed by atoms with van der Waals surface area (Å²) in [6, 6.07) is 0. The number of nitrogens with one attached hydrogen (secondary N) is 1. The van der Waals surface area contributed by atoms with E-state index in [4.69, 9.17) is 5.73 Å². The Morgan fingerprint density at radius 2 is 1.67 bits per heavy atom. The number of hydrogen-bond donors (Lipinski definition) is 2. The zero-order valence-electron chi connectivity index (χ0n) is 13.0. The smallest absolute Gasteiger partial charge is 0.225 e. The lowest BCUT2D eigenvalue weighted by Gasteiger charge is -2.34. The maximum Gasteiger partial charge on any atom is 0.225 e. The lowest BCUT2D eigenvalue weighted by Crippen LogP contribution is -2.47. The van der Waals surface area contributed by atoms with E-state index in [2.05, 4.69) is 5.32 Å². The topological polar surface area (TPSA) is 75.4 Å². The molecule has 1 saturated heterocycles. The van der Waals surface area contributed by atoms with E-state index in [0.717, 1.165) is 32.2 Å². The summed E-state index contributed by atoms with van der Waals surface area (Å²) in [5.74, 6) is 0.477. The molecule has 5 heteroatoms. The first-order valence-electron chi connectivity index (χ1n) is 8.49. The van der Waals surface area contributed by atoms with Crippen LogP contribution in [0.25, 0.3) is 0 Å². The fraction of sp³-hybridized carbons (Fsp3) is 0.875. The number of carbonyl (C=O) groups is 2. The van der Waals surface area contributed by atoms with Crippen molar-refractivity contribution in [3.05, 3.63) is 0 Å². The van der Waals surface area contributed by atoms with Gasteiger partial charge in [0.2, 0.25) is 11.8 Å². The molecule has 0 bridgehead atoms. The average Bonchev–Trinajstić information content (AvgIpc) is 2.81. The summed E-state index contributed by atoms with van der Waals surface area (Å²) in [6.07, 6.45) is 8.72. The van der Waals surface area contributed by atoms with Crippen LogP contribution in [0.3, 0.4) is 0 Å². The van der Waals surface area contributed by atoms with E-state index in [1.165, 1.54) is 25.7 Å². The minimum Gasteiger partial charge on any atom is -0.355 e. The van der Waals surface area contributed by atoms with E-state index in [-0.39, 0.29) is 23.7 Å². The number of amides is 2. The first kappa shape index (κ1) is 16.3. The molecule has 2 rings (SSSR count). The van der Waals surface area contributed by atoms with Crippen LogP contribution in [0.4, 0.5) is 0 Å². The number of piperidine rings is 1. The van der Waals surface area contributed by atoms with E-state index >= 15 is 0 Å². The SMILES string of the molecule is NCCNC(=O)C1CCCN(C(=O)C2CCCCCC2)C1. The van der Waals surface area contributed by atoms with Crippen molar-refractivity contribution in [1.82, 2.24) is 10.2 Å². The maximum absolute atomic E-state index is 12.7. The first-order valence-corrected chi connectivity index (χ1v) is 8.49. The monoisotopic (exact) mass is 295 g/mol. The van der Waals surface area contributed by atoms with Gasteiger partial charge < -0.3 is 16.0 Å². The zero-order chi connectivity index (χ0) is 15.1. The molecule has 1 aliphatic heterocycles. The summed E-state index contributed by atoms with van der Waals surface area (Å²) in [6.45, 7) is 2.39. The molecular weight excluding hydrogens is 266 g/mol. The molecule has 0 aromatic heterocycles. The summed E-state index contributed by atoms with van der Waals surface area (Å²) >= 11 is 0. The van der Waals surface area contributed by atoms with Crippen molar-refractivity contribution in [3.8, 4) is 0 Å². The van der Waals surface area contributed by atoms with Crippen molar-refractivity contribution in [2.75, 3.05) is 26.2 Å². The highest BCUT2D eigenvalue weighted by Crippen LogP contribution is 2.26. The van der Waals surface area contributed by atoms with Crippen LogP contribution >= 0.6 is 0 Å². The molecular formula is C16H29N3O2. The van der Waals surface area contributed by atoms with Gasteiger partial charge in [-0.2, -0.15) is 0 Å². The zero-order valence-corrected chi connectivity index (χ0v) is 13.0. The molecule has 1 saturated carbocycles. The fourth-order valence-electron chi connectivity index (χ4n) is 3.52. The van der Waals surface area contributed by atoms with Crippen LogP contribution in [0.15, 0.2) is 0 Å². The molecule has 0 spiro atoms. The Bertz CT molecular complexity index is 351. The third kappa shape index (κ3) is 4.70. The molecule has 21 heavy (non-hydrogen) atoms. The molecule has 0 aromatic rings. The van der Waals surface area contributed by atoms with Crippen molar-refractivity contribution >= 4 is 11.8 Å². The summed E-state index contributed by atoms with van der Waals surface area (Å²) in [5, 5.41) is 2.85. The van der Waals surface area contributed by atoms with Crippen molar-refractivity contribution in [2.24, 2.45) is 17.6 Å². The number of nitrogens with two attached hydrogens (primary N) is 1. The van der Waals surface area contributed by atoms with Gasteiger partial charge in [-0.25, -0.2) is 0 Å². The minimum absolute atomic E-state index is 0.0545. The van der Waals surface area contributed by atoms with Crippen LogP contribution in [0.1, 0.15) is 51.4 Å². The van der Waals surface area contributed by atoms with Crippen molar-refractivity contribution in [3.63, 3.8) is 0 Å². The summed E-state index contributed by atoms with van der Waals surface area (Å²) in [4.78, 5) is 26.7. The van der Waals surface area contributed by atoms with Gasteiger partial charge in [0, 0.05) is 32.1 Å². The number of hydrogen-bond acceptors (Lipinski definition) is 3. The number of carbonyl (C=O) groups excluding carboxylic acids is 2. The number of nitrogens with zero attached hydrogens (tertiary/aromatic N) is 1. The molecule has 1 heterocycles. The molecule has 2 amide bonds. The molecule has 120 valence electrons. The highest BCUT2D eigenvalue weighted by molar-refractivity contribution is 5.82. The standard InChI is InChI=1S/C16H29N3O2/c17-9-10-18-15(20)14-8-5-11-19(12-14)16(21)13-6-3-1-2-4-7-13/h13-14H,1-12,17H2,(H,18,20). The van der Waals surface area contributed by atoms with Crippen LogP contribution in [-0.4, -0.2) is 42.9 Å². The highest BCUT2D eigenvalue weighted by atomic mass is 16.2. The number of likely N-dealkylation sites (tertiary alicyclic amines) is 1. The van der Waals surface area contributed by atoms with Crippen LogP contribution in [-0.2, 0) is 9.59 Å². The van der Waals surface area contributed by atoms with Gasteiger partial charge >= 0.3 is 0 Å². The summed E-state index contributed by atoms with van der Waals surface area (Å²) in [7, 11) is 0. The molecule has 1 unspecified atom stereocenters. The van der Waals surface area contributed by atoms with Gasteiger partial charge in [0.05, 0.1) is 5.92 Å². The van der Waals surface area contributed by atoms with E-state index in [9.17, 15) is 9.59 Å². The molecule has 0 aromatic carbocycles. The van der Waals surface area contributed by atoms with Crippen LogP contribution in [0.5, 0.6) is 0 Å². The van der Waals surface area contributed by atoms with Crippen molar-refractivity contribution in [2.45, 2.75) is 51.4 Å². The predicted octanol–water partition coefficient (Wildman–Crippen LogP) is 1.27.